The molecule has 0 saturated heterocycles. The van der Waals surface area contributed by atoms with Gasteiger partial charge in [0.25, 0.3) is 0 Å². The number of benzene rings is 2. The summed E-state index contributed by atoms with van der Waals surface area (Å²) < 4.78 is 25.0. The van der Waals surface area contributed by atoms with Gasteiger partial charge in [-0.15, -0.1) is 0 Å². The van der Waals surface area contributed by atoms with Gasteiger partial charge >= 0.3 is 5.97 Å². The molecule has 3 aromatic rings. The predicted molar refractivity (Wildman–Crippen MR) is 117 cm³/mol. The Balaban J connectivity index is 0.000000229. The summed E-state index contributed by atoms with van der Waals surface area (Å²) in [5.41, 5.74) is 5.97. The Morgan fingerprint density at radius 2 is 1.81 bits per heavy atom. The van der Waals surface area contributed by atoms with Gasteiger partial charge in [0, 0.05) is 0 Å². The molecule has 0 aliphatic heterocycles. The molecule has 1 aliphatic rings. The lowest BCUT2D eigenvalue weighted by Crippen LogP contribution is -2.03. The van der Waals surface area contributed by atoms with Gasteiger partial charge in [-0.3, -0.25) is 4.98 Å². The molecule has 31 heavy (non-hydrogen) atoms. The van der Waals surface area contributed by atoms with Crippen LogP contribution in [0.2, 0.25) is 0 Å². The van der Waals surface area contributed by atoms with Gasteiger partial charge in [0.2, 0.25) is 0 Å². The SMILES string of the molecule is CCc1cc(F)ccc1F.Cc1ccccc1C1=C(c2cncc(C(=O)O)n2)CCC1. The minimum absolute atomic E-state index is 0.00367. The van der Waals surface area contributed by atoms with E-state index in [2.05, 4.69) is 29.0 Å². The fourth-order valence-electron chi connectivity index (χ4n) is 3.66. The smallest absolute Gasteiger partial charge is 0.356 e. The highest BCUT2D eigenvalue weighted by atomic mass is 19.1. The third-order valence-electron chi connectivity index (χ3n) is 5.24. The van der Waals surface area contributed by atoms with Crippen LogP contribution in [0.1, 0.15) is 59.1 Å². The van der Waals surface area contributed by atoms with Crippen molar-refractivity contribution >= 4 is 17.1 Å². The van der Waals surface area contributed by atoms with Gasteiger partial charge in [-0.25, -0.2) is 18.6 Å². The number of hydrogen-bond donors (Lipinski definition) is 1. The Morgan fingerprint density at radius 1 is 1.06 bits per heavy atom. The van der Waals surface area contributed by atoms with E-state index < -0.39 is 5.97 Å². The maximum Gasteiger partial charge on any atom is 0.356 e. The van der Waals surface area contributed by atoms with Crippen molar-refractivity contribution in [1.29, 1.82) is 0 Å². The van der Waals surface area contributed by atoms with Crippen molar-refractivity contribution in [3.05, 3.63) is 94.6 Å². The number of nitrogens with zero attached hydrogens (tertiary/aromatic N) is 2. The first-order valence-electron chi connectivity index (χ1n) is 10.2. The largest absolute Gasteiger partial charge is 0.476 e. The highest BCUT2D eigenvalue weighted by Gasteiger charge is 2.20. The van der Waals surface area contributed by atoms with E-state index in [9.17, 15) is 13.6 Å². The molecule has 0 bridgehead atoms. The van der Waals surface area contributed by atoms with Gasteiger partial charge in [-0.1, -0.05) is 31.2 Å². The molecule has 0 amide bonds. The molecule has 0 unspecified atom stereocenters. The minimum Gasteiger partial charge on any atom is -0.476 e. The molecule has 1 aromatic heterocycles. The van der Waals surface area contributed by atoms with E-state index in [1.807, 2.05) is 12.1 Å². The second kappa shape index (κ2) is 10.1. The molecule has 0 saturated carbocycles. The second-order valence-electron chi connectivity index (χ2n) is 7.31. The summed E-state index contributed by atoms with van der Waals surface area (Å²) in [6.07, 6.45) is 6.46. The molecule has 4 nitrogen and oxygen atoms in total. The molecule has 1 aliphatic carbocycles. The maximum absolute atomic E-state index is 12.6. The molecule has 0 radical (unpaired) electrons. The summed E-state index contributed by atoms with van der Waals surface area (Å²) in [6.45, 7) is 3.88. The quantitative estimate of drug-likeness (QED) is 0.551. The average Bonchev–Trinajstić information content (AvgIpc) is 3.26. The maximum atomic E-state index is 12.6. The molecule has 0 spiro atoms. The molecule has 6 heteroatoms. The molecular formula is C25H24F2N2O2. The second-order valence-corrected chi connectivity index (χ2v) is 7.31. The van der Waals surface area contributed by atoms with E-state index in [4.69, 9.17) is 5.11 Å². The van der Waals surface area contributed by atoms with Gasteiger partial charge in [-0.2, -0.15) is 0 Å². The van der Waals surface area contributed by atoms with Gasteiger partial charge in [-0.05, 0) is 78.6 Å². The first-order valence-corrected chi connectivity index (χ1v) is 10.2. The van der Waals surface area contributed by atoms with E-state index >= 15 is 0 Å². The monoisotopic (exact) mass is 422 g/mol. The van der Waals surface area contributed by atoms with Crippen LogP contribution in [0, 0.1) is 18.6 Å². The number of aromatic carboxylic acids is 1. The van der Waals surface area contributed by atoms with Crippen molar-refractivity contribution in [2.75, 3.05) is 0 Å². The summed E-state index contributed by atoms with van der Waals surface area (Å²) in [7, 11) is 0. The first-order chi connectivity index (χ1) is 14.9. The van der Waals surface area contributed by atoms with Crippen molar-refractivity contribution < 1.29 is 18.7 Å². The summed E-state index contributed by atoms with van der Waals surface area (Å²) in [4.78, 5) is 19.3. The molecule has 1 N–H and O–H groups in total. The Bertz CT molecular complexity index is 1130. The lowest BCUT2D eigenvalue weighted by atomic mass is 9.96. The Kier molecular flexibility index (Phi) is 7.23. The molecule has 1 heterocycles. The average molecular weight is 422 g/mol. The van der Waals surface area contributed by atoms with Crippen LogP contribution in [0.5, 0.6) is 0 Å². The number of aryl methyl sites for hydroxylation is 2. The van der Waals surface area contributed by atoms with Crippen LogP contribution >= 0.6 is 0 Å². The minimum atomic E-state index is -1.04. The zero-order valence-electron chi connectivity index (χ0n) is 17.5. The summed E-state index contributed by atoms with van der Waals surface area (Å²) >= 11 is 0. The van der Waals surface area contributed by atoms with Crippen LogP contribution in [0.15, 0.2) is 54.9 Å². The van der Waals surface area contributed by atoms with Crippen LogP contribution in [0.4, 0.5) is 8.78 Å². The van der Waals surface area contributed by atoms with Crippen molar-refractivity contribution in [1.82, 2.24) is 9.97 Å². The summed E-state index contributed by atoms with van der Waals surface area (Å²) in [6, 6.07) is 11.8. The Hall–Kier alpha value is -3.41. The third kappa shape index (κ3) is 5.40. The number of carbonyl (C=O) groups is 1. The van der Waals surface area contributed by atoms with Crippen LogP contribution < -0.4 is 0 Å². The van der Waals surface area contributed by atoms with E-state index in [0.717, 1.165) is 37.0 Å². The van der Waals surface area contributed by atoms with Crippen LogP contribution in [-0.2, 0) is 6.42 Å². The van der Waals surface area contributed by atoms with Gasteiger partial charge in [0.05, 0.1) is 18.1 Å². The first kappa shape index (κ1) is 22.3. The molecule has 4 rings (SSSR count). The van der Waals surface area contributed by atoms with E-state index in [1.165, 1.54) is 29.0 Å². The Morgan fingerprint density at radius 3 is 2.48 bits per heavy atom. The number of aromatic nitrogens is 2. The van der Waals surface area contributed by atoms with Gasteiger partial charge < -0.3 is 5.11 Å². The van der Waals surface area contributed by atoms with E-state index in [0.29, 0.717) is 17.7 Å². The van der Waals surface area contributed by atoms with Gasteiger partial charge in [0.1, 0.15) is 11.6 Å². The highest BCUT2D eigenvalue weighted by Crippen LogP contribution is 2.39. The zero-order chi connectivity index (χ0) is 22.4. The lowest BCUT2D eigenvalue weighted by Gasteiger charge is -2.10. The highest BCUT2D eigenvalue weighted by molar-refractivity contribution is 5.93. The summed E-state index contributed by atoms with van der Waals surface area (Å²) in [5, 5.41) is 9.06. The van der Waals surface area contributed by atoms with Crippen LogP contribution in [0.3, 0.4) is 0 Å². The van der Waals surface area contributed by atoms with Crippen molar-refractivity contribution in [2.24, 2.45) is 0 Å². The predicted octanol–water partition coefficient (Wildman–Crippen LogP) is 6.11. The number of halogens is 2. The standard InChI is InChI=1S/C17H16N2O2.C8H8F2/c1-11-5-2-3-6-12(11)13-7-4-8-14(13)15-9-18-10-16(19-15)17(20)21;1-2-6-5-7(9)3-4-8(6)10/h2-3,5-6,9-10H,4,7-8H2,1H3,(H,20,21);3-5H,2H2,1H3. The molecule has 0 fully saturated rings. The number of carboxylic acid groups (broad SMARTS) is 1. The van der Waals surface area contributed by atoms with E-state index in [-0.39, 0.29) is 17.3 Å². The number of rotatable bonds is 4. The fraction of sp³-hybridized carbons (Fsp3) is 0.240. The van der Waals surface area contributed by atoms with Crippen molar-refractivity contribution in [2.45, 2.75) is 39.5 Å². The molecule has 160 valence electrons. The van der Waals surface area contributed by atoms with Crippen molar-refractivity contribution in [3.8, 4) is 0 Å². The third-order valence-corrected chi connectivity index (χ3v) is 5.24. The number of carboxylic acids is 1. The molecule has 2 aromatic carbocycles. The number of allylic oxidation sites excluding steroid dienone is 2. The topological polar surface area (TPSA) is 63.1 Å². The zero-order valence-corrected chi connectivity index (χ0v) is 17.5. The molecular weight excluding hydrogens is 398 g/mol. The molecule has 0 atom stereocenters. The van der Waals surface area contributed by atoms with Crippen LogP contribution in [-0.4, -0.2) is 21.0 Å². The lowest BCUT2D eigenvalue weighted by molar-refractivity contribution is 0.0690. The van der Waals surface area contributed by atoms with E-state index in [1.54, 1.807) is 13.1 Å². The number of hydrogen-bond acceptors (Lipinski definition) is 3. The van der Waals surface area contributed by atoms with Crippen molar-refractivity contribution in [3.63, 3.8) is 0 Å². The normalized spacial score (nSPS) is 13.0. The fourth-order valence-corrected chi connectivity index (χ4v) is 3.66. The summed E-state index contributed by atoms with van der Waals surface area (Å²) in [5.74, 6) is -1.75. The van der Waals surface area contributed by atoms with Crippen LogP contribution in [0.25, 0.3) is 11.1 Å². The van der Waals surface area contributed by atoms with Gasteiger partial charge in [0.15, 0.2) is 5.69 Å². The Labute approximate surface area is 180 Å².